The van der Waals surface area contributed by atoms with E-state index >= 15 is 0 Å². The quantitative estimate of drug-likeness (QED) is 0.443. The molecule has 0 aliphatic heterocycles. The predicted octanol–water partition coefficient (Wildman–Crippen LogP) is 3.97. The highest BCUT2D eigenvalue weighted by molar-refractivity contribution is 8.00. The normalized spacial score (nSPS) is 12.7. The van der Waals surface area contributed by atoms with Gasteiger partial charge in [-0.25, -0.2) is 8.78 Å². The van der Waals surface area contributed by atoms with Crippen molar-refractivity contribution in [2.75, 3.05) is 12.4 Å². The minimum absolute atomic E-state index is 0.0297. The van der Waals surface area contributed by atoms with Crippen molar-refractivity contribution in [3.05, 3.63) is 64.7 Å². The number of carbonyl (C=O) groups is 2. The van der Waals surface area contributed by atoms with Gasteiger partial charge in [-0.2, -0.15) is 0 Å². The van der Waals surface area contributed by atoms with Gasteiger partial charge >= 0.3 is 5.97 Å². The van der Waals surface area contributed by atoms with E-state index in [1.54, 1.807) is 0 Å². The van der Waals surface area contributed by atoms with Crippen LogP contribution in [0.2, 0.25) is 0 Å². The van der Waals surface area contributed by atoms with Crippen molar-refractivity contribution in [3.63, 3.8) is 0 Å². The van der Waals surface area contributed by atoms with Crippen LogP contribution in [0.3, 0.4) is 0 Å². The fraction of sp³-hybridized carbons (Fsp3) is 0.263. The molecule has 0 radical (unpaired) electrons. The van der Waals surface area contributed by atoms with E-state index in [1.807, 2.05) is 6.07 Å². The van der Waals surface area contributed by atoms with Crippen LogP contribution in [0.4, 0.5) is 8.78 Å². The lowest BCUT2D eigenvalue weighted by Gasteiger charge is -2.06. The molecule has 0 amide bonds. The smallest absolute Gasteiger partial charge is 0.316 e. The Balaban J connectivity index is 1.47. The molecule has 1 aliphatic rings. The lowest BCUT2D eigenvalue weighted by atomic mass is 10.1. The number of halogens is 2. The molecule has 2 aromatic rings. The van der Waals surface area contributed by atoms with E-state index in [0.717, 1.165) is 42.4 Å². The van der Waals surface area contributed by atoms with Gasteiger partial charge in [-0.05, 0) is 60.7 Å². The Kier molecular flexibility index (Phi) is 5.48. The molecule has 1 aliphatic carbocycles. The first-order valence-corrected chi connectivity index (χ1v) is 8.90. The molecule has 25 heavy (non-hydrogen) atoms. The van der Waals surface area contributed by atoms with Gasteiger partial charge in [-0.3, -0.25) is 9.59 Å². The molecule has 3 rings (SSSR count). The van der Waals surface area contributed by atoms with Crippen LogP contribution in [0, 0.1) is 11.6 Å². The summed E-state index contributed by atoms with van der Waals surface area (Å²) in [6.45, 7) is -0.491. The van der Waals surface area contributed by atoms with E-state index in [0.29, 0.717) is 0 Å². The van der Waals surface area contributed by atoms with E-state index in [9.17, 15) is 18.4 Å². The van der Waals surface area contributed by atoms with Gasteiger partial charge in [0.1, 0.15) is 0 Å². The number of carbonyl (C=O) groups excluding carboxylic acids is 2. The number of fused-ring (bicyclic) bond motifs is 1. The molecular formula is C19H16F2O3S. The molecule has 0 heterocycles. The number of ether oxygens (including phenoxy) is 1. The van der Waals surface area contributed by atoms with Gasteiger partial charge in [0, 0.05) is 10.5 Å². The first-order valence-electron chi connectivity index (χ1n) is 7.91. The Bertz CT molecular complexity index is 820. The number of esters is 1. The van der Waals surface area contributed by atoms with Gasteiger partial charge in [0.2, 0.25) is 0 Å². The lowest BCUT2D eigenvalue weighted by molar-refractivity contribution is -0.139. The Morgan fingerprint density at radius 3 is 2.60 bits per heavy atom. The van der Waals surface area contributed by atoms with Gasteiger partial charge in [0.25, 0.3) is 0 Å². The van der Waals surface area contributed by atoms with Crippen molar-refractivity contribution < 1.29 is 23.1 Å². The summed E-state index contributed by atoms with van der Waals surface area (Å²) in [6.07, 6.45) is 3.34. The average molecular weight is 362 g/mol. The van der Waals surface area contributed by atoms with Gasteiger partial charge in [-0.15, -0.1) is 11.8 Å². The van der Waals surface area contributed by atoms with Crippen LogP contribution >= 0.6 is 11.8 Å². The third-order valence-corrected chi connectivity index (χ3v) is 5.00. The minimum Gasteiger partial charge on any atom is -0.457 e. The number of benzene rings is 2. The highest BCUT2D eigenvalue weighted by Gasteiger charge is 2.14. The molecule has 0 fully saturated rings. The molecule has 0 aromatic heterocycles. The molecule has 0 spiro atoms. The highest BCUT2D eigenvalue weighted by Crippen LogP contribution is 2.27. The summed E-state index contributed by atoms with van der Waals surface area (Å²) in [4.78, 5) is 24.6. The lowest BCUT2D eigenvalue weighted by Crippen LogP contribution is -2.15. The zero-order valence-electron chi connectivity index (χ0n) is 13.4. The number of aryl methyl sites for hydroxylation is 2. The second-order valence-corrected chi connectivity index (χ2v) is 6.83. The van der Waals surface area contributed by atoms with Crippen molar-refractivity contribution >= 4 is 23.5 Å². The molecule has 0 unspecified atom stereocenters. The van der Waals surface area contributed by atoms with Gasteiger partial charge in [-0.1, -0.05) is 6.07 Å². The number of ketones is 1. The van der Waals surface area contributed by atoms with Gasteiger partial charge in [0.15, 0.2) is 24.0 Å². The van der Waals surface area contributed by atoms with E-state index in [2.05, 4.69) is 12.1 Å². The Morgan fingerprint density at radius 1 is 1.00 bits per heavy atom. The molecule has 3 nitrogen and oxygen atoms in total. The minimum atomic E-state index is -1.11. The van der Waals surface area contributed by atoms with Crippen LogP contribution in [0.1, 0.15) is 27.9 Å². The van der Waals surface area contributed by atoms with Crippen LogP contribution in [0.25, 0.3) is 0 Å². The summed E-state index contributed by atoms with van der Waals surface area (Å²) in [7, 11) is 0. The van der Waals surface area contributed by atoms with Crippen LogP contribution in [-0.2, 0) is 22.4 Å². The van der Waals surface area contributed by atoms with E-state index in [4.69, 9.17) is 4.74 Å². The van der Waals surface area contributed by atoms with E-state index < -0.39 is 30.0 Å². The molecule has 0 saturated heterocycles. The third kappa shape index (κ3) is 4.45. The maximum atomic E-state index is 13.1. The molecule has 130 valence electrons. The second-order valence-electron chi connectivity index (χ2n) is 5.79. The van der Waals surface area contributed by atoms with Gasteiger partial charge < -0.3 is 4.74 Å². The van der Waals surface area contributed by atoms with Crippen molar-refractivity contribution in [1.29, 1.82) is 0 Å². The van der Waals surface area contributed by atoms with E-state index in [-0.39, 0.29) is 11.3 Å². The predicted molar refractivity (Wildman–Crippen MR) is 90.8 cm³/mol. The number of thioether (sulfide) groups is 1. The summed E-state index contributed by atoms with van der Waals surface area (Å²) < 4.78 is 30.9. The molecule has 2 aromatic carbocycles. The van der Waals surface area contributed by atoms with Crippen molar-refractivity contribution in [3.8, 4) is 0 Å². The second kappa shape index (κ2) is 7.78. The first kappa shape index (κ1) is 17.6. The molecule has 0 saturated carbocycles. The summed E-state index contributed by atoms with van der Waals surface area (Å²) in [5.74, 6) is -3.15. The van der Waals surface area contributed by atoms with Crippen molar-refractivity contribution in [1.82, 2.24) is 0 Å². The number of hydrogen-bond acceptors (Lipinski definition) is 4. The van der Waals surface area contributed by atoms with Crippen molar-refractivity contribution in [2.24, 2.45) is 0 Å². The van der Waals surface area contributed by atoms with Crippen LogP contribution in [0.15, 0.2) is 41.3 Å². The number of Topliss-reactive ketones (excluding diaryl/α,β-unsaturated/α-hetero) is 1. The molecule has 6 heteroatoms. The zero-order chi connectivity index (χ0) is 17.8. The fourth-order valence-electron chi connectivity index (χ4n) is 2.72. The first-order chi connectivity index (χ1) is 12.0. The molecule has 0 atom stereocenters. The summed E-state index contributed by atoms with van der Waals surface area (Å²) in [5, 5.41) is 0. The standard InChI is InChI=1S/C19H16F2O3S/c20-16-7-5-14(9-17(16)21)18(22)10-24-19(23)11-25-15-6-4-12-2-1-3-13(12)8-15/h4-9H,1-3,10-11H2. The maximum Gasteiger partial charge on any atom is 0.316 e. The average Bonchev–Trinajstić information content (AvgIpc) is 3.08. The van der Waals surface area contributed by atoms with Gasteiger partial charge in [0.05, 0.1) is 5.75 Å². The Hall–Kier alpha value is -2.21. The number of hydrogen-bond donors (Lipinski definition) is 0. The summed E-state index contributed by atoms with van der Waals surface area (Å²) in [5.41, 5.74) is 2.66. The van der Waals surface area contributed by atoms with Crippen LogP contribution in [-0.4, -0.2) is 24.1 Å². The number of rotatable bonds is 6. The Morgan fingerprint density at radius 2 is 1.80 bits per heavy atom. The molecule has 0 bridgehead atoms. The SMILES string of the molecule is O=C(CSc1ccc2c(c1)CCC2)OCC(=O)c1ccc(F)c(F)c1. The monoisotopic (exact) mass is 362 g/mol. The summed E-state index contributed by atoms with van der Waals surface area (Å²) >= 11 is 1.35. The summed E-state index contributed by atoms with van der Waals surface area (Å²) in [6, 6.07) is 8.98. The zero-order valence-corrected chi connectivity index (χ0v) is 14.2. The fourth-order valence-corrected chi connectivity index (χ4v) is 3.48. The largest absolute Gasteiger partial charge is 0.457 e. The molecular weight excluding hydrogens is 346 g/mol. The molecule has 0 N–H and O–H groups in total. The van der Waals surface area contributed by atoms with E-state index in [1.165, 1.54) is 22.9 Å². The topological polar surface area (TPSA) is 43.4 Å². The van der Waals surface area contributed by atoms with Crippen LogP contribution in [0.5, 0.6) is 0 Å². The van der Waals surface area contributed by atoms with Crippen LogP contribution < -0.4 is 0 Å². The Labute approximate surface area is 148 Å². The van der Waals surface area contributed by atoms with Crippen molar-refractivity contribution in [2.45, 2.75) is 24.2 Å². The maximum absolute atomic E-state index is 13.1. The highest BCUT2D eigenvalue weighted by atomic mass is 32.2. The third-order valence-electron chi connectivity index (χ3n) is 4.03.